The summed E-state index contributed by atoms with van der Waals surface area (Å²) >= 11 is 0. The number of rotatable bonds is 5. The third kappa shape index (κ3) is 4.62. The van der Waals surface area contributed by atoms with E-state index in [1.54, 1.807) is 5.56 Å². The summed E-state index contributed by atoms with van der Waals surface area (Å²) < 4.78 is 0. The van der Waals surface area contributed by atoms with Crippen molar-refractivity contribution in [3.05, 3.63) is 161 Å². The molecule has 0 unspecified atom stereocenters. The minimum absolute atomic E-state index is 0.0739. The molecule has 6 aromatic rings. The first-order valence-corrected chi connectivity index (χ1v) is 20.2. The SMILES string of the molecule is CC1(C)c2ccccc2-c2ccc(N(c3cccc(-c4ccc(C56CC7CC(CC(C7)C5)C6)cc4)c3)c3ccc4c(c3)C(C)(C)c3ccccc3-4)cc21. The van der Waals surface area contributed by atoms with Gasteiger partial charge in [-0.1, -0.05) is 125 Å². The van der Waals surface area contributed by atoms with Gasteiger partial charge in [-0.15, -0.1) is 0 Å². The molecule has 53 heavy (non-hydrogen) atoms. The van der Waals surface area contributed by atoms with E-state index in [4.69, 9.17) is 0 Å². The van der Waals surface area contributed by atoms with Crippen molar-refractivity contribution in [1.29, 1.82) is 0 Å². The van der Waals surface area contributed by atoms with Crippen molar-refractivity contribution < 1.29 is 0 Å². The first-order valence-electron chi connectivity index (χ1n) is 20.2. The summed E-state index contributed by atoms with van der Waals surface area (Å²) in [6.45, 7) is 9.53. The molecule has 12 rings (SSSR count). The van der Waals surface area contributed by atoms with E-state index >= 15 is 0 Å². The van der Waals surface area contributed by atoms with Crippen molar-refractivity contribution >= 4 is 17.1 Å². The highest BCUT2D eigenvalue weighted by Crippen LogP contribution is 2.61. The maximum absolute atomic E-state index is 2.51. The number of hydrogen-bond acceptors (Lipinski definition) is 1. The molecule has 6 aliphatic carbocycles. The molecule has 0 spiro atoms. The van der Waals surface area contributed by atoms with Crippen LogP contribution in [0.15, 0.2) is 133 Å². The fraction of sp³-hybridized carbons (Fsp3) is 0.308. The van der Waals surface area contributed by atoms with Crippen molar-refractivity contribution in [2.45, 2.75) is 82.5 Å². The predicted molar refractivity (Wildman–Crippen MR) is 222 cm³/mol. The van der Waals surface area contributed by atoms with Gasteiger partial charge in [-0.3, -0.25) is 0 Å². The van der Waals surface area contributed by atoms with Crippen molar-refractivity contribution in [3.63, 3.8) is 0 Å². The normalized spacial score (nSPS) is 24.7. The van der Waals surface area contributed by atoms with Crippen molar-refractivity contribution in [2.24, 2.45) is 17.8 Å². The molecule has 0 N–H and O–H groups in total. The molecule has 0 saturated heterocycles. The zero-order valence-electron chi connectivity index (χ0n) is 31.6. The Morgan fingerprint density at radius 2 is 0.887 bits per heavy atom. The van der Waals surface area contributed by atoms with E-state index < -0.39 is 0 Å². The largest absolute Gasteiger partial charge is 0.310 e. The molecule has 0 amide bonds. The van der Waals surface area contributed by atoms with Crippen molar-refractivity contribution in [3.8, 4) is 33.4 Å². The standard InChI is InChI=1S/C52H49N/c1-50(2)46-14-7-5-12-42(46)44-22-20-40(28-48(44)50)53(41-21-23-45-43-13-6-8-15-47(43)51(3,4)49(45)29-41)39-11-9-10-37(27-39)36-16-18-38(19-17-36)52-30-33-24-34(31-52)26-35(25-33)32-52/h5-23,27-29,33-35H,24-26,30-32H2,1-4H3. The topological polar surface area (TPSA) is 3.24 Å². The van der Waals surface area contributed by atoms with E-state index in [0.29, 0.717) is 5.41 Å². The highest BCUT2D eigenvalue weighted by Gasteiger charge is 2.51. The Bertz CT molecular complexity index is 2300. The number of benzene rings is 6. The molecule has 0 radical (unpaired) electrons. The lowest BCUT2D eigenvalue weighted by Crippen LogP contribution is -2.48. The Morgan fingerprint density at radius 1 is 0.415 bits per heavy atom. The van der Waals surface area contributed by atoms with Gasteiger partial charge in [-0.2, -0.15) is 0 Å². The fourth-order valence-electron chi connectivity index (χ4n) is 12.4. The van der Waals surface area contributed by atoms with Crippen LogP contribution in [0.4, 0.5) is 17.1 Å². The Labute approximate surface area is 315 Å². The molecule has 0 atom stereocenters. The van der Waals surface area contributed by atoms with E-state index in [0.717, 1.165) is 17.8 Å². The number of fused-ring (bicyclic) bond motifs is 6. The minimum atomic E-state index is -0.0739. The molecule has 1 heteroatoms. The fourth-order valence-corrected chi connectivity index (χ4v) is 12.4. The molecule has 1 nitrogen and oxygen atoms in total. The maximum atomic E-state index is 2.51. The van der Waals surface area contributed by atoms with Crippen LogP contribution in [0.1, 0.15) is 94.0 Å². The summed E-state index contributed by atoms with van der Waals surface area (Å²) in [5.74, 6) is 2.88. The molecule has 262 valence electrons. The molecule has 4 bridgehead atoms. The van der Waals surface area contributed by atoms with E-state index in [9.17, 15) is 0 Å². The van der Waals surface area contributed by atoms with Gasteiger partial charge in [-0.05, 0) is 159 Å². The van der Waals surface area contributed by atoms with Crippen LogP contribution in [-0.4, -0.2) is 0 Å². The quantitative estimate of drug-likeness (QED) is 0.174. The van der Waals surface area contributed by atoms with Crippen LogP contribution in [0.3, 0.4) is 0 Å². The second-order valence-corrected chi connectivity index (χ2v) is 18.5. The van der Waals surface area contributed by atoms with E-state index in [1.807, 2.05) is 0 Å². The van der Waals surface area contributed by atoms with E-state index in [1.165, 1.54) is 111 Å². The van der Waals surface area contributed by atoms with Gasteiger partial charge < -0.3 is 4.90 Å². The van der Waals surface area contributed by atoms with Gasteiger partial charge in [0.15, 0.2) is 0 Å². The molecule has 6 aliphatic rings. The second-order valence-electron chi connectivity index (χ2n) is 18.5. The zero-order valence-corrected chi connectivity index (χ0v) is 31.6. The van der Waals surface area contributed by atoms with Crippen LogP contribution in [-0.2, 0) is 16.2 Å². The van der Waals surface area contributed by atoms with Gasteiger partial charge in [0.1, 0.15) is 0 Å². The van der Waals surface area contributed by atoms with Crippen LogP contribution in [0.2, 0.25) is 0 Å². The Balaban J connectivity index is 1.02. The number of hydrogen-bond donors (Lipinski definition) is 0. The predicted octanol–water partition coefficient (Wildman–Crippen LogP) is 13.9. The monoisotopic (exact) mass is 687 g/mol. The summed E-state index contributed by atoms with van der Waals surface area (Å²) in [5.41, 5.74) is 19.1. The lowest BCUT2D eigenvalue weighted by atomic mass is 9.48. The zero-order chi connectivity index (χ0) is 35.7. The minimum Gasteiger partial charge on any atom is -0.310 e. The first kappa shape index (κ1) is 31.6. The van der Waals surface area contributed by atoms with Crippen LogP contribution in [0.5, 0.6) is 0 Å². The molecular weight excluding hydrogens is 639 g/mol. The Kier molecular flexibility index (Phi) is 6.61. The summed E-state index contributed by atoms with van der Waals surface area (Å²) in [6.07, 6.45) is 8.70. The summed E-state index contributed by atoms with van der Waals surface area (Å²) in [7, 11) is 0. The summed E-state index contributed by atoms with van der Waals surface area (Å²) in [6, 6.07) is 51.4. The third-order valence-electron chi connectivity index (χ3n) is 14.6. The van der Waals surface area contributed by atoms with Crippen molar-refractivity contribution in [1.82, 2.24) is 0 Å². The van der Waals surface area contributed by atoms with Crippen LogP contribution in [0.25, 0.3) is 33.4 Å². The smallest absolute Gasteiger partial charge is 0.0467 e. The average Bonchev–Trinajstić information content (AvgIpc) is 3.54. The number of anilines is 3. The Hall–Kier alpha value is -4.88. The molecule has 6 aromatic carbocycles. The first-order chi connectivity index (χ1) is 25.7. The molecule has 4 fully saturated rings. The summed E-state index contributed by atoms with van der Waals surface area (Å²) in [4.78, 5) is 2.51. The van der Waals surface area contributed by atoms with Crippen molar-refractivity contribution in [2.75, 3.05) is 4.90 Å². The molecular formula is C52H49N. The van der Waals surface area contributed by atoms with Gasteiger partial charge in [0.2, 0.25) is 0 Å². The van der Waals surface area contributed by atoms with Gasteiger partial charge in [0.25, 0.3) is 0 Å². The third-order valence-corrected chi connectivity index (χ3v) is 14.6. The lowest BCUT2D eigenvalue weighted by molar-refractivity contribution is -0.00518. The van der Waals surface area contributed by atoms with Crippen LogP contribution >= 0.6 is 0 Å². The highest BCUT2D eigenvalue weighted by atomic mass is 15.1. The summed E-state index contributed by atoms with van der Waals surface area (Å²) in [5, 5.41) is 0. The van der Waals surface area contributed by atoms with Gasteiger partial charge in [-0.25, -0.2) is 0 Å². The van der Waals surface area contributed by atoms with Crippen LogP contribution < -0.4 is 4.90 Å². The highest BCUT2D eigenvalue weighted by molar-refractivity contribution is 5.89. The lowest BCUT2D eigenvalue weighted by Gasteiger charge is -2.57. The number of nitrogens with zero attached hydrogens (tertiary/aromatic N) is 1. The van der Waals surface area contributed by atoms with E-state index in [2.05, 4.69) is 166 Å². The van der Waals surface area contributed by atoms with Gasteiger partial charge >= 0.3 is 0 Å². The molecule has 0 aromatic heterocycles. The second kappa shape index (κ2) is 11.1. The van der Waals surface area contributed by atoms with Gasteiger partial charge in [0, 0.05) is 27.9 Å². The maximum Gasteiger partial charge on any atom is 0.0467 e. The molecule has 0 heterocycles. The van der Waals surface area contributed by atoms with E-state index in [-0.39, 0.29) is 10.8 Å². The average molecular weight is 688 g/mol. The van der Waals surface area contributed by atoms with Crippen LogP contribution in [0, 0.1) is 17.8 Å². The van der Waals surface area contributed by atoms with Gasteiger partial charge in [0.05, 0.1) is 0 Å². The molecule has 0 aliphatic heterocycles. The molecule has 4 saturated carbocycles. The Morgan fingerprint density at radius 3 is 1.42 bits per heavy atom.